The second-order valence-electron chi connectivity index (χ2n) is 4.79. The minimum atomic E-state index is -0.154. The van der Waals surface area contributed by atoms with Gasteiger partial charge in [0.15, 0.2) is 0 Å². The Morgan fingerprint density at radius 1 is 1.23 bits per heavy atom. The number of aromatic nitrogens is 1. The fourth-order valence-corrected chi connectivity index (χ4v) is 3.10. The maximum Gasteiger partial charge on any atom is 0.257 e. The molecule has 0 aliphatic carbocycles. The van der Waals surface area contributed by atoms with Crippen LogP contribution in [0.4, 0.5) is 5.69 Å². The van der Waals surface area contributed by atoms with Gasteiger partial charge in [0, 0.05) is 16.4 Å². The minimum absolute atomic E-state index is 0.154. The van der Waals surface area contributed by atoms with Gasteiger partial charge < -0.3 is 5.32 Å². The molecule has 0 aliphatic heterocycles. The van der Waals surface area contributed by atoms with Gasteiger partial charge in [-0.05, 0) is 54.3 Å². The molecule has 1 N–H and O–H groups in total. The molecule has 0 saturated heterocycles. The topological polar surface area (TPSA) is 42.0 Å². The standard InChI is InChI=1S/C17H13BrN2OS/c1-11-10-12(6-7-14(11)18)20-17(21)13-4-2-8-19-16(13)15-5-3-9-22-15/h2-10H,1H3,(H,20,21). The second kappa shape index (κ2) is 6.42. The number of pyridine rings is 1. The van der Waals surface area contributed by atoms with Crippen LogP contribution in [0.1, 0.15) is 15.9 Å². The molecule has 0 atom stereocenters. The molecule has 0 spiro atoms. The van der Waals surface area contributed by atoms with Crippen molar-refractivity contribution in [2.75, 3.05) is 5.32 Å². The Kier molecular flexibility index (Phi) is 4.36. The number of rotatable bonds is 3. The SMILES string of the molecule is Cc1cc(NC(=O)c2cccnc2-c2cccs2)ccc1Br. The first-order chi connectivity index (χ1) is 10.6. The zero-order valence-electron chi connectivity index (χ0n) is 11.8. The van der Waals surface area contributed by atoms with Gasteiger partial charge in [0.2, 0.25) is 0 Å². The third-order valence-electron chi connectivity index (χ3n) is 3.22. The molecule has 1 amide bonds. The fourth-order valence-electron chi connectivity index (χ4n) is 2.12. The zero-order valence-corrected chi connectivity index (χ0v) is 14.2. The van der Waals surface area contributed by atoms with E-state index in [1.807, 2.05) is 42.6 Å². The van der Waals surface area contributed by atoms with Crippen LogP contribution in [0.2, 0.25) is 0 Å². The van der Waals surface area contributed by atoms with Crippen LogP contribution in [-0.4, -0.2) is 10.9 Å². The van der Waals surface area contributed by atoms with Crippen molar-refractivity contribution in [3.63, 3.8) is 0 Å². The molecule has 0 unspecified atom stereocenters. The molecular formula is C17H13BrN2OS. The molecule has 22 heavy (non-hydrogen) atoms. The summed E-state index contributed by atoms with van der Waals surface area (Å²) < 4.78 is 1.02. The molecule has 2 aromatic heterocycles. The number of thiophene rings is 1. The summed E-state index contributed by atoms with van der Waals surface area (Å²) in [5.41, 5.74) is 3.13. The first-order valence-electron chi connectivity index (χ1n) is 6.71. The Hall–Kier alpha value is -1.98. The highest BCUT2D eigenvalue weighted by atomic mass is 79.9. The van der Waals surface area contributed by atoms with E-state index < -0.39 is 0 Å². The average molecular weight is 373 g/mol. The third-order valence-corrected chi connectivity index (χ3v) is 4.99. The van der Waals surface area contributed by atoms with Crippen molar-refractivity contribution in [1.29, 1.82) is 0 Å². The van der Waals surface area contributed by atoms with Gasteiger partial charge in [-0.1, -0.05) is 22.0 Å². The number of hydrogen-bond donors (Lipinski definition) is 1. The minimum Gasteiger partial charge on any atom is -0.322 e. The molecule has 0 saturated carbocycles. The molecule has 3 aromatic rings. The summed E-state index contributed by atoms with van der Waals surface area (Å²) >= 11 is 5.03. The highest BCUT2D eigenvalue weighted by Crippen LogP contribution is 2.27. The molecule has 3 nitrogen and oxygen atoms in total. The molecular weight excluding hydrogens is 360 g/mol. The summed E-state index contributed by atoms with van der Waals surface area (Å²) in [5.74, 6) is -0.154. The number of hydrogen-bond acceptors (Lipinski definition) is 3. The summed E-state index contributed by atoms with van der Waals surface area (Å²) in [6.07, 6.45) is 1.70. The summed E-state index contributed by atoms with van der Waals surface area (Å²) in [4.78, 5) is 17.9. The van der Waals surface area contributed by atoms with Crippen LogP contribution in [0.3, 0.4) is 0 Å². The largest absolute Gasteiger partial charge is 0.322 e. The molecule has 5 heteroatoms. The van der Waals surface area contributed by atoms with Crippen LogP contribution in [-0.2, 0) is 0 Å². The van der Waals surface area contributed by atoms with Crippen LogP contribution < -0.4 is 5.32 Å². The monoisotopic (exact) mass is 372 g/mol. The second-order valence-corrected chi connectivity index (χ2v) is 6.60. The van der Waals surface area contributed by atoms with Crippen molar-refractivity contribution in [2.24, 2.45) is 0 Å². The normalized spacial score (nSPS) is 10.5. The van der Waals surface area contributed by atoms with Crippen LogP contribution in [0.25, 0.3) is 10.6 Å². The van der Waals surface area contributed by atoms with E-state index in [2.05, 4.69) is 26.2 Å². The first kappa shape index (κ1) is 14.9. The molecule has 0 fully saturated rings. The van der Waals surface area contributed by atoms with Gasteiger partial charge in [0.25, 0.3) is 5.91 Å². The van der Waals surface area contributed by atoms with Crippen molar-refractivity contribution in [3.05, 3.63) is 69.6 Å². The van der Waals surface area contributed by atoms with E-state index in [1.165, 1.54) is 0 Å². The molecule has 0 bridgehead atoms. The smallest absolute Gasteiger partial charge is 0.257 e. The van der Waals surface area contributed by atoms with Gasteiger partial charge in [-0.2, -0.15) is 0 Å². The van der Waals surface area contributed by atoms with Gasteiger partial charge in [-0.25, -0.2) is 0 Å². The fraction of sp³-hybridized carbons (Fsp3) is 0.0588. The number of halogens is 1. The number of carbonyl (C=O) groups is 1. The number of aryl methyl sites for hydroxylation is 1. The molecule has 0 aliphatic rings. The van der Waals surface area contributed by atoms with Crippen molar-refractivity contribution in [3.8, 4) is 10.6 Å². The van der Waals surface area contributed by atoms with Crippen LogP contribution in [0.5, 0.6) is 0 Å². The van der Waals surface area contributed by atoms with Gasteiger partial charge in [-0.3, -0.25) is 9.78 Å². The van der Waals surface area contributed by atoms with Crippen molar-refractivity contribution >= 4 is 38.9 Å². The van der Waals surface area contributed by atoms with Gasteiger partial charge in [-0.15, -0.1) is 11.3 Å². The predicted octanol–water partition coefficient (Wildman–Crippen LogP) is 5.13. The molecule has 110 valence electrons. The lowest BCUT2D eigenvalue weighted by atomic mass is 10.1. The number of benzene rings is 1. The van der Waals surface area contributed by atoms with Gasteiger partial charge in [0.1, 0.15) is 0 Å². The Bertz CT molecular complexity index is 815. The Morgan fingerprint density at radius 2 is 2.09 bits per heavy atom. The quantitative estimate of drug-likeness (QED) is 0.691. The summed E-state index contributed by atoms with van der Waals surface area (Å²) in [5, 5.41) is 4.91. The lowest BCUT2D eigenvalue weighted by molar-refractivity contribution is 0.102. The Balaban J connectivity index is 1.91. The maximum absolute atomic E-state index is 12.6. The van der Waals surface area contributed by atoms with E-state index in [-0.39, 0.29) is 5.91 Å². The number of nitrogens with zero attached hydrogens (tertiary/aromatic N) is 1. The first-order valence-corrected chi connectivity index (χ1v) is 8.39. The van der Waals surface area contributed by atoms with E-state index in [0.717, 1.165) is 20.6 Å². The predicted molar refractivity (Wildman–Crippen MR) is 94.4 cm³/mol. The number of amides is 1. The Labute approximate surface area is 141 Å². The van der Waals surface area contributed by atoms with Crippen LogP contribution in [0, 0.1) is 6.92 Å². The van der Waals surface area contributed by atoms with Crippen molar-refractivity contribution < 1.29 is 4.79 Å². The highest BCUT2D eigenvalue weighted by Gasteiger charge is 2.14. The van der Waals surface area contributed by atoms with E-state index in [0.29, 0.717) is 11.3 Å². The average Bonchev–Trinajstić information content (AvgIpc) is 3.05. The molecule has 3 rings (SSSR count). The van der Waals surface area contributed by atoms with Gasteiger partial charge >= 0.3 is 0 Å². The molecule has 2 heterocycles. The number of anilines is 1. The third kappa shape index (κ3) is 3.10. The van der Waals surface area contributed by atoms with E-state index in [1.54, 1.807) is 29.7 Å². The van der Waals surface area contributed by atoms with Gasteiger partial charge in [0.05, 0.1) is 16.1 Å². The summed E-state index contributed by atoms with van der Waals surface area (Å²) in [7, 11) is 0. The Morgan fingerprint density at radius 3 is 2.82 bits per heavy atom. The highest BCUT2D eigenvalue weighted by molar-refractivity contribution is 9.10. The summed E-state index contributed by atoms with van der Waals surface area (Å²) in [6, 6.07) is 13.2. The van der Waals surface area contributed by atoms with E-state index >= 15 is 0 Å². The van der Waals surface area contributed by atoms with Crippen molar-refractivity contribution in [2.45, 2.75) is 6.92 Å². The summed E-state index contributed by atoms with van der Waals surface area (Å²) in [6.45, 7) is 1.99. The van der Waals surface area contributed by atoms with E-state index in [4.69, 9.17) is 0 Å². The van der Waals surface area contributed by atoms with E-state index in [9.17, 15) is 4.79 Å². The van der Waals surface area contributed by atoms with Crippen LogP contribution in [0.15, 0.2) is 58.5 Å². The zero-order chi connectivity index (χ0) is 15.5. The maximum atomic E-state index is 12.6. The number of nitrogens with one attached hydrogen (secondary N) is 1. The van der Waals surface area contributed by atoms with Crippen molar-refractivity contribution in [1.82, 2.24) is 4.98 Å². The number of carbonyl (C=O) groups excluding carboxylic acids is 1. The lowest BCUT2D eigenvalue weighted by Gasteiger charge is -2.09. The molecule has 1 aromatic carbocycles. The molecule has 0 radical (unpaired) electrons. The lowest BCUT2D eigenvalue weighted by Crippen LogP contribution is -2.13. The van der Waals surface area contributed by atoms with Crippen LogP contribution >= 0.6 is 27.3 Å².